The predicted molar refractivity (Wildman–Crippen MR) is 111 cm³/mol. The van der Waals surface area contributed by atoms with Crippen molar-refractivity contribution in [2.75, 3.05) is 25.6 Å². The van der Waals surface area contributed by atoms with Gasteiger partial charge >= 0.3 is 5.97 Å². The second-order valence-electron chi connectivity index (χ2n) is 5.78. The van der Waals surface area contributed by atoms with Gasteiger partial charge in [-0.05, 0) is 44.0 Å². The molecular weight excluding hydrogens is 378 g/mol. The maximum absolute atomic E-state index is 12.4. The molecule has 1 aromatic heterocycles. The first kappa shape index (κ1) is 21.5. The fourth-order valence-corrected chi connectivity index (χ4v) is 3.48. The fraction of sp³-hybridized carbons (Fsp3) is 0.333. The van der Waals surface area contributed by atoms with Gasteiger partial charge in [0.1, 0.15) is 5.00 Å². The number of allylic oxidation sites excluding steroid dienone is 1. The summed E-state index contributed by atoms with van der Waals surface area (Å²) < 4.78 is 16.0. The van der Waals surface area contributed by atoms with E-state index < -0.39 is 5.97 Å². The zero-order valence-electron chi connectivity index (χ0n) is 16.5. The summed E-state index contributed by atoms with van der Waals surface area (Å²) in [5.74, 6) is 0.197. The zero-order chi connectivity index (χ0) is 20.5. The molecule has 1 N–H and O–H groups in total. The lowest BCUT2D eigenvalue weighted by molar-refractivity contribution is -0.118. The number of nitrogens with one attached hydrogen (secondary N) is 1. The molecule has 1 aromatic carbocycles. The van der Waals surface area contributed by atoms with Crippen molar-refractivity contribution < 1.29 is 23.8 Å². The van der Waals surface area contributed by atoms with E-state index in [1.807, 2.05) is 38.1 Å². The van der Waals surface area contributed by atoms with Crippen LogP contribution < -0.4 is 14.8 Å². The first-order chi connectivity index (χ1) is 13.5. The maximum Gasteiger partial charge on any atom is 0.341 e. The van der Waals surface area contributed by atoms with Gasteiger partial charge in [0.05, 0.1) is 19.3 Å². The number of methoxy groups -OCH3 is 1. The standard InChI is InChI=1S/C21H25NO5S/c1-5-8-14-9-10-17(18(11-14)25-4)27-13-19(23)22-20-16(21(24)26-7-3)12-15(6-2)28-20/h5,8-12H,6-7,13H2,1-4H3,(H,22,23)/b8-5+. The molecule has 0 saturated heterocycles. The maximum atomic E-state index is 12.4. The Labute approximate surface area is 169 Å². The normalized spacial score (nSPS) is 10.7. The van der Waals surface area contributed by atoms with Crippen LogP contribution in [0.25, 0.3) is 6.08 Å². The van der Waals surface area contributed by atoms with Gasteiger partial charge in [-0.3, -0.25) is 4.79 Å². The van der Waals surface area contributed by atoms with Crippen LogP contribution in [-0.4, -0.2) is 32.2 Å². The van der Waals surface area contributed by atoms with Gasteiger partial charge in [0, 0.05) is 4.88 Å². The van der Waals surface area contributed by atoms with Crippen LogP contribution in [0.5, 0.6) is 11.5 Å². The molecule has 0 aliphatic heterocycles. The largest absolute Gasteiger partial charge is 0.493 e. The Kier molecular flexibility index (Phi) is 8.07. The summed E-state index contributed by atoms with van der Waals surface area (Å²) in [4.78, 5) is 25.4. The number of hydrogen-bond donors (Lipinski definition) is 1. The fourth-order valence-electron chi connectivity index (χ4n) is 2.48. The Morgan fingerprint density at radius 3 is 2.61 bits per heavy atom. The molecule has 0 radical (unpaired) electrons. The van der Waals surface area contributed by atoms with Gasteiger partial charge < -0.3 is 19.5 Å². The van der Waals surface area contributed by atoms with Gasteiger partial charge in [-0.1, -0.05) is 25.1 Å². The summed E-state index contributed by atoms with van der Waals surface area (Å²) in [6, 6.07) is 7.22. The number of aryl methyl sites for hydroxylation is 1. The number of carbonyl (C=O) groups excluding carboxylic acids is 2. The van der Waals surface area contributed by atoms with Crippen molar-refractivity contribution in [1.82, 2.24) is 0 Å². The third-order valence-electron chi connectivity index (χ3n) is 3.79. The minimum absolute atomic E-state index is 0.207. The van der Waals surface area contributed by atoms with E-state index >= 15 is 0 Å². The monoisotopic (exact) mass is 403 g/mol. The lowest BCUT2D eigenvalue weighted by Gasteiger charge is -2.11. The molecule has 0 aliphatic rings. The minimum atomic E-state index is -0.448. The Morgan fingerprint density at radius 1 is 1.18 bits per heavy atom. The van der Waals surface area contributed by atoms with Gasteiger partial charge in [-0.25, -0.2) is 4.79 Å². The van der Waals surface area contributed by atoms with Gasteiger partial charge in [0.15, 0.2) is 18.1 Å². The van der Waals surface area contributed by atoms with E-state index in [1.165, 1.54) is 11.3 Å². The smallest absolute Gasteiger partial charge is 0.341 e. The molecule has 0 saturated carbocycles. The third-order valence-corrected chi connectivity index (χ3v) is 4.98. The van der Waals surface area contributed by atoms with E-state index in [0.29, 0.717) is 22.1 Å². The van der Waals surface area contributed by atoms with Crippen molar-refractivity contribution in [3.8, 4) is 11.5 Å². The summed E-state index contributed by atoms with van der Waals surface area (Å²) >= 11 is 1.36. The second-order valence-corrected chi connectivity index (χ2v) is 6.91. The number of thiophene rings is 1. The van der Waals surface area contributed by atoms with Crippen molar-refractivity contribution in [3.05, 3.63) is 46.3 Å². The van der Waals surface area contributed by atoms with Crippen LogP contribution in [0.1, 0.15) is 41.6 Å². The molecule has 7 heteroatoms. The summed E-state index contributed by atoms with van der Waals surface area (Å²) in [7, 11) is 1.55. The van der Waals surface area contributed by atoms with Gasteiger partial charge in [0.25, 0.3) is 5.91 Å². The summed E-state index contributed by atoms with van der Waals surface area (Å²) in [6.45, 7) is 5.72. The molecule has 1 amide bonds. The third kappa shape index (κ3) is 5.60. The van der Waals surface area contributed by atoms with E-state index in [4.69, 9.17) is 14.2 Å². The van der Waals surface area contributed by atoms with Crippen molar-refractivity contribution in [2.24, 2.45) is 0 Å². The number of hydrogen-bond acceptors (Lipinski definition) is 6. The molecule has 6 nitrogen and oxygen atoms in total. The van der Waals surface area contributed by atoms with Crippen LogP contribution in [0, 0.1) is 0 Å². The van der Waals surface area contributed by atoms with Crippen LogP contribution >= 0.6 is 11.3 Å². The van der Waals surface area contributed by atoms with E-state index in [9.17, 15) is 9.59 Å². The van der Waals surface area contributed by atoms with Crippen LogP contribution in [0.3, 0.4) is 0 Å². The highest BCUT2D eigenvalue weighted by atomic mass is 32.1. The van der Waals surface area contributed by atoms with Crippen molar-refractivity contribution in [2.45, 2.75) is 27.2 Å². The van der Waals surface area contributed by atoms with Crippen molar-refractivity contribution in [3.63, 3.8) is 0 Å². The summed E-state index contributed by atoms with van der Waals surface area (Å²) in [5, 5.41) is 3.22. The number of carbonyl (C=O) groups is 2. The van der Waals surface area contributed by atoms with Gasteiger partial charge in [0.2, 0.25) is 0 Å². The second kappa shape index (κ2) is 10.5. The number of amides is 1. The molecule has 150 valence electrons. The van der Waals surface area contributed by atoms with Gasteiger partial charge in [-0.2, -0.15) is 0 Å². The Balaban J connectivity index is 2.07. The molecule has 2 rings (SSSR count). The van der Waals surface area contributed by atoms with Crippen molar-refractivity contribution in [1.29, 1.82) is 0 Å². The highest BCUT2D eigenvalue weighted by Gasteiger charge is 2.19. The molecule has 0 unspecified atom stereocenters. The zero-order valence-corrected chi connectivity index (χ0v) is 17.4. The molecule has 0 aliphatic carbocycles. The minimum Gasteiger partial charge on any atom is -0.493 e. The first-order valence-electron chi connectivity index (χ1n) is 9.05. The molecule has 28 heavy (non-hydrogen) atoms. The molecule has 0 fully saturated rings. The van der Waals surface area contributed by atoms with Crippen molar-refractivity contribution >= 4 is 34.3 Å². The lowest BCUT2D eigenvalue weighted by Crippen LogP contribution is -2.21. The average Bonchev–Trinajstić information content (AvgIpc) is 3.10. The number of benzene rings is 1. The Morgan fingerprint density at radius 2 is 1.96 bits per heavy atom. The van der Waals surface area contributed by atoms with E-state index in [0.717, 1.165) is 16.9 Å². The molecule has 2 aromatic rings. The molecule has 0 atom stereocenters. The molecule has 1 heterocycles. The van der Waals surface area contributed by atoms with Crippen LogP contribution in [0.4, 0.5) is 5.00 Å². The lowest BCUT2D eigenvalue weighted by atomic mass is 10.2. The SMILES string of the molecule is C/C=C/c1ccc(OCC(=O)Nc2sc(CC)cc2C(=O)OCC)c(OC)c1. The molecule has 0 spiro atoms. The number of rotatable bonds is 9. The summed E-state index contributed by atoms with van der Waals surface area (Å²) in [6.07, 6.45) is 4.63. The topological polar surface area (TPSA) is 73.9 Å². The Hall–Kier alpha value is -2.80. The molecular formula is C21H25NO5S. The quantitative estimate of drug-likeness (QED) is 0.622. The first-order valence-corrected chi connectivity index (χ1v) is 9.87. The van der Waals surface area contributed by atoms with Crippen LogP contribution in [0.15, 0.2) is 30.3 Å². The summed E-state index contributed by atoms with van der Waals surface area (Å²) in [5.41, 5.74) is 1.34. The van der Waals surface area contributed by atoms with E-state index in [2.05, 4.69) is 5.32 Å². The predicted octanol–water partition coefficient (Wildman–Crippen LogP) is 4.55. The van der Waals surface area contributed by atoms with Crippen LogP contribution in [-0.2, 0) is 16.0 Å². The molecule has 0 bridgehead atoms. The average molecular weight is 404 g/mol. The number of anilines is 1. The highest BCUT2D eigenvalue weighted by Crippen LogP contribution is 2.30. The van der Waals surface area contributed by atoms with Crippen LogP contribution in [0.2, 0.25) is 0 Å². The highest BCUT2D eigenvalue weighted by molar-refractivity contribution is 7.16. The Bertz CT molecular complexity index is 856. The van der Waals surface area contributed by atoms with E-state index in [1.54, 1.807) is 26.2 Å². The van der Waals surface area contributed by atoms with E-state index in [-0.39, 0.29) is 19.1 Å². The van der Waals surface area contributed by atoms with Gasteiger partial charge in [-0.15, -0.1) is 11.3 Å². The number of ether oxygens (including phenoxy) is 3. The number of esters is 1.